The Bertz CT molecular complexity index is 292. The summed E-state index contributed by atoms with van der Waals surface area (Å²) in [6.45, 7) is 5.65. The van der Waals surface area contributed by atoms with E-state index in [1.165, 1.54) is 6.26 Å². The van der Waals surface area contributed by atoms with Crippen LogP contribution in [-0.4, -0.2) is 17.7 Å². The third-order valence-corrected chi connectivity index (χ3v) is 1.93. The Kier molecular flexibility index (Phi) is 4.66. The summed E-state index contributed by atoms with van der Waals surface area (Å²) in [6, 6.07) is 1.77. The van der Waals surface area contributed by atoms with Crippen LogP contribution in [0.1, 0.15) is 26.0 Å². The zero-order valence-electron chi connectivity index (χ0n) is 9.23. The minimum absolute atomic E-state index is 0.455. The summed E-state index contributed by atoms with van der Waals surface area (Å²) in [5.41, 5.74) is 6.44. The lowest BCUT2D eigenvalue weighted by Gasteiger charge is -2.06. The van der Waals surface area contributed by atoms with Crippen LogP contribution in [0.3, 0.4) is 0 Å². The molecule has 1 heterocycles. The summed E-state index contributed by atoms with van der Waals surface area (Å²) in [4.78, 5) is 4.12. The van der Waals surface area contributed by atoms with Gasteiger partial charge in [-0.15, -0.1) is 0 Å². The molecule has 1 aromatic rings. The van der Waals surface area contributed by atoms with Crippen molar-refractivity contribution < 1.29 is 4.52 Å². The summed E-state index contributed by atoms with van der Waals surface area (Å²) in [5, 5.41) is 6.78. The van der Waals surface area contributed by atoms with Crippen molar-refractivity contribution in [3.63, 3.8) is 0 Å². The second kappa shape index (κ2) is 6.06. The van der Waals surface area contributed by atoms with Gasteiger partial charge in [-0.05, 0) is 12.3 Å². The molecule has 0 aliphatic carbocycles. The van der Waals surface area contributed by atoms with Crippen LogP contribution in [0, 0.1) is 5.92 Å². The fourth-order valence-electron chi connectivity index (χ4n) is 1.03. The number of aromatic nitrogens is 1. The number of hydrogen-bond donors (Lipinski definition) is 2. The summed E-state index contributed by atoms with van der Waals surface area (Å²) in [7, 11) is 0. The first kappa shape index (κ1) is 11.6. The molecular weight excluding hydrogens is 192 g/mol. The predicted molar refractivity (Wildman–Crippen MR) is 59.3 cm³/mol. The second-order valence-corrected chi connectivity index (χ2v) is 3.80. The van der Waals surface area contributed by atoms with Crippen molar-refractivity contribution in [1.82, 2.24) is 10.5 Å². The summed E-state index contributed by atoms with van der Waals surface area (Å²) in [5.74, 6) is 1.12. The first-order valence-corrected chi connectivity index (χ1v) is 5.11. The largest absolute Gasteiger partial charge is 0.370 e. The molecule has 84 valence electrons. The van der Waals surface area contributed by atoms with Crippen LogP contribution in [0.4, 0.5) is 0 Å². The van der Waals surface area contributed by atoms with E-state index in [1.54, 1.807) is 6.07 Å². The van der Waals surface area contributed by atoms with Gasteiger partial charge in [0.25, 0.3) is 0 Å². The molecule has 5 nitrogen and oxygen atoms in total. The summed E-state index contributed by atoms with van der Waals surface area (Å²) < 4.78 is 4.68. The van der Waals surface area contributed by atoms with E-state index in [-0.39, 0.29) is 0 Å². The average Bonchev–Trinajstić information content (AvgIpc) is 2.66. The highest BCUT2D eigenvalue weighted by atomic mass is 16.5. The molecule has 3 N–H and O–H groups in total. The molecule has 0 aromatic carbocycles. The van der Waals surface area contributed by atoms with Crippen molar-refractivity contribution in [1.29, 1.82) is 0 Å². The van der Waals surface area contributed by atoms with Crippen LogP contribution in [0.25, 0.3) is 0 Å². The zero-order valence-corrected chi connectivity index (χ0v) is 9.23. The molecule has 0 atom stereocenters. The van der Waals surface area contributed by atoms with Gasteiger partial charge in [-0.3, -0.25) is 0 Å². The first-order valence-electron chi connectivity index (χ1n) is 5.11. The number of nitrogens with zero attached hydrogens (tertiary/aromatic N) is 2. The molecule has 0 bridgehead atoms. The molecular formula is C10H18N4O. The van der Waals surface area contributed by atoms with Gasteiger partial charge in [-0.1, -0.05) is 19.0 Å². The molecule has 0 saturated carbocycles. The lowest BCUT2D eigenvalue weighted by Crippen LogP contribution is -2.32. The van der Waals surface area contributed by atoms with Crippen LogP contribution in [0.2, 0.25) is 0 Å². The lowest BCUT2D eigenvalue weighted by atomic mass is 10.1. The van der Waals surface area contributed by atoms with Gasteiger partial charge < -0.3 is 15.6 Å². The average molecular weight is 210 g/mol. The Balaban J connectivity index is 2.21. The molecule has 0 fully saturated rings. The molecule has 1 aromatic heterocycles. The number of nitrogens with two attached hydrogens (primary N) is 1. The molecule has 0 saturated heterocycles. The van der Waals surface area contributed by atoms with Gasteiger partial charge in [-0.25, -0.2) is 4.99 Å². The third kappa shape index (κ3) is 5.05. The maximum atomic E-state index is 5.66. The molecule has 0 amide bonds. The minimum Gasteiger partial charge on any atom is -0.370 e. The van der Waals surface area contributed by atoms with Crippen LogP contribution < -0.4 is 11.1 Å². The monoisotopic (exact) mass is 210 g/mol. The molecule has 0 aliphatic rings. The van der Waals surface area contributed by atoms with Crippen molar-refractivity contribution in [3.8, 4) is 0 Å². The molecule has 0 radical (unpaired) electrons. The molecule has 15 heavy (non-hydrogen) atoms. The van der Waals surface area contributed by atoms with Gasteiger partial charge in [0.15, 0.2) is 5.96 Å². The molecule has 0 spiro atoms. The molecule has 5 heteroatoms. The van der Waals surface area contributed by atoms with Gasteiger partial charge in [0.05, 0.1) is 6.54 Å². The minimum atomic E-state index is 0.455. The van der Waals surface area contributed by atoms with Crippen molar-refractivity contribution in [3.05, 3.63) is 18.0 Å². The van der Waals surface area contributed by atoms with Gasteiger partial charge >= 0.3 is 0 Å². The maximum absolute atomic E-state index is 5.66. The summed E-state index contributed by atoms with van der Waals surface area (Å²) in [6.07, 6.45) is 2.60. The van der Waals surface area contributed by atoms with E-state index in [4.69, 9.17) is 5.73 Å². The van der Waals surface area contributed by atoms with Crippen molar-refractivity contribution in [2.24, 2.45) is 16.6 Å². The van der Waals surface area contributed by atoms with Gasteiger partial charge in [0, 0.05) is 12.6 Å². The lowest BCUT2D eigenvalue weighted by molar-refractivity contribution is 0.412. The maximum Gasteiger partial charge on any atom is 0.188 e. The number of hydrogen-bond acceptors (Lipinski definition) is 3. The van der Waals surface area contributed by atoms with E-state index in [0.29, 0.717) is 18.4 Å². The van der Waals surface area contributed by atoms with Crippen LogP contribution in [0.15, 0.2) is 21.8 Å². The zero-order chi connectivity index (χ0) is 11.1. The Morgan fingerprint density at radius 3 is 3.07 bits per heavy atom. The Labute approximate surface area is 89.7 Å². The van der Waals surface area contributed by atoms with E-state index in [0.717, 1.165) is 18.7 Å². The van der Waals surface area contributed by atoms with Crippen LogP contribution in [-0.2, 0) is 6.54 Å². The summed E-state index contributed by atoms with van der Waals surface area (Å²) >= 11 is 0. The van der Waals surface area contributed by atoms with E-state index in [9.17, 15) is 0 Å². The van der Waals surface area contributed by atoms with Crippen LogP contribution in [0.5, 0.6) is 0 Å². The standard InChI is InChI=1S/C10H18N4O/c1-8(2)3-5-12-10(11)13-7-9-4-6-15-14-9/h4,6,8H,3,5,7H2,1-2H3,(H3,11,12,13). The highest BCUT2D eigenvalue weighted by molar-refractivity contribution is 5.77. The van der Waals surface area contributed by atoms with Crippen molar-refractivity contribution in [2.75, 3.05) is 6.54 Å². The fourth-order valence-corrected chi connectivity index (χ4v) is 1.03. The highest BCUT2D eigenvalue weighted by Gasteiger charge is 1.97. The molecule has 0 unspecified atom stereocenters. The quantitative estimate of drug-likeness (QED) is 0.564. The topological polar surface area (TPSA) is 76.4 Å². The molecule has 1 rings (SSSR count). The van der Waals surface area contributed by atoms with E-state index in [2.05, 4.69) is 33.8 Å². The number of aliphatic imine (C=N–C) groups is 1. The molecule has 0 aliphatic heterocycles. The van der Waals surface area contributed by atoms with Gasteiger partial charge in [0.2, 0.25) is 0 Å². The van der Waals surface area contributed by atoms with E-state index >= 15 is 0 Å². The predicted octanol–water partition coefficient (Wildman–Crippen LogP) is 1.12. The smallest absolute Gasteiger partial charge is 0.188 e. The van der Waals surface area contributed by atoms with E-state index in [1.807, 2.05) is 0 Å². The first-order chi connectivity index (χ1) is 7.18. The third-order valence-electron chi connectivity index (χ3n) is 1.93. The fraction of sp³-hybridized carbons (Fsp3) is 0.600. The Hall–Kier alpha value is -1.52. The SMILES string of the molecule is CC(C)CCNC(N)=NCc1ccon1. The number of guanidine groups is 1. The normalized spacial score (nSPS) is 12.1. The van der Waals surface area contributed by atoms with Gasteiger partial charge in [-0.2, -0.15) is 0 Å². The second-order valence-electron chi connectivity index (χ2n) is 3.80. The van der Waals surface area contributed by atoms with Crippen molar-refractivity contribution >= 4 is 5.96 Å². The number of rotatable bonds is 5. The Morgan fingerprint density at radius 2 is 2.47 bits per heavy atom. The van der Waals surface area contributed by atoms with Gasteiger partial charge in [0.1, 0.15) is 12.0 Å². The van der Waals surface area contributed by atoms with Crippen molar-refractivity contribution in [2.45, 2.75) is 26.8 Å². The van der Waals surface area contributed by atoms with E-state index < -0.39 is 0 Å². The Morgan fingerprint density at radius 1 is 1.67 bits per heavy atom. The number of nitrogens with one attached hydrogen (secondary N) is 1. The van der Waals surface area contributed by atoms with Crippen LogP contribution >= 0.6 is 0 Å². The highest BCUT2D eigenvalue weighted by Crippen LogP contribution is 1.97.